The summed E-state index contributed by atoms with van der Waals surface area (Å²) in [7, 11) is 0. The summed E-state index contributed by atoms with van der Waals surface area (Å²) in [5.41, 5.74) is 0. The highest BCUT2D eigenvalue weighted by atomic mass is 16.5. The zero-order valence-corrected chi connectivity index (χ0v) is 17.7. The van der Waals surface area contributed by atoms with Gasteiger partial charge in [-0.25, -0.2) is 4.79 Å². The largest absolute Gasteiger partial charge is 0.459 e. The van der Waals surface area contributed by atoms with Crippen molar-refractivity contribution < 1.29 is 14.3 Å². The second-order valence-corrected chi connectivity index (χ2v) is 7.32. The van der Waals surface area contributed by atoms with Crippen molar-refractivity contribution in [1.82, 2.24) is 4.90 Å². The number of rotatable bonds is 17. The fraction of sp³-hybridized carbons (Fsp3) is 0.909. The topological polar surface area (TPSA) is 46.6 Å². The van der Waals surface area contributed by atoms with Crippen LogP contribution in [0.25, 0.3) is 0 Å². The predicted molar refractivity (Wildman–Crippen MR) is 109 cm³/mol. The lowest BCUT2D eigenvalue weighted by Gasteiger charge is -2.21. The molecule has 154 valence electrons. The average molecular weight is 370 g/mol. The zero-order valence-electron chi connectivity index (χ0n) is 17.7. The third-order valence-electron chi connectivity index (χ3n) is 4.76. The highest BCUT2D eigenvalue weighted by Crippen LogP contribution is 2.08. The number of nitrogens with zero attached hydrogens (tertiary/aromatic N) is 1. The molecule has 0 N–H and O–H groups in total. The number of esters is 1. The Morgan fingerprint density at radius 2 is 1.04 bits per heavy atom. The first-order valence-corrected chi connectivity index (χ1v) is 11.1. The molecule has 0 aromatic heterocycles. The van der Waals surface area contributed by atoms with Crippen LogP contribution >= 0.6 is 0 Å². The molecule has 0 atom stereocenters. The number of ether oxygens (including phenoxy) is 1. The van der Waals surface area contributed by atoms with Gasteiger partial charge in [0.1, 0.15) is 0 Å². The second kappa shape index (κ2) is 18.7. The van der Waals surface area contributed by atoms with Crippen LogP contribution in [0.1, 0.15) is 111 Å². The Hall–Kier alpha value is -1.06. The molecule has 0 saturated heterocycles. The van der Waals surface area contributed by atoms with Gasteiger partial charge in [0.15, 0.2) is 0 Å². The number of carbonyl (C=O) groups excluding carboxylic acids is 2. The van der Waals surface area contributed by atoms with Gasteiger partial charge in [-0.05, 0) is 19.3 Å². The quantitative estimate of drug-likeness (QED) is 0.183. The lowest BCUT2D eigenvalue weighted by atomic mass is 10.1. The highest BCUT2D eigenvalue weighted by Gasteiger charge is 2.22. The van der Waals surface area contributed by atoms with Gasteiger partial charge in [0.25, 0.3) is 0 Å². The molecule has 0 aliphatic rings. The summed E-state index contributed by atoms with van der Waals surface area (Å²) in [5, 5.41) is 0. The van der Waals surface area contributed by atoms with Gasteiger partial charge in [-0.3, -0.25) is 4.79 Å². The van der Waals surface area contributed by atoms with E-state index in [1.165, 1.54) is 51.4 Å². The predicted octanol–water partition coefficient (Wildman–Crippen LogP) is 5.88. The molecule has 0 radical (unpaired) electrons. The Morgan fingerprint density at radius 1 is 0.615 bits per heavy atom. The van der Waals surface area contributed by atoms with Crippen molar-refractivity contribution >= 4 is 11.9 Å². The van der Waals surface area contributed by atoms with Crippen LogP contribution in [-0.4, -0.2) is 36.5 Å². The first-order valence-electron chi connectivity index (χ1n) is 11.1. The second-order valence-electron chi connectivity index (χ2n) is 7.32. The maximum absolute atomic E-state index is 12.4. The highest BCUT2D eigenvalue weighted by molar-refractivity contribution is 6.32. The summed E-state index contributed by atoms with van der Waals surface area (Å²) < 4.78 is 5.22. The van der Waals surface area contributed by atoms with Gasteiger partial charge in [-0.2, -0.15) is 0 Å². The molecular formula is C22H43NO3. The first-order chi connectivity index (χ1) is 12.7. The molecule has 0 fully saturated rings. The summed E-state index contributed by atoms with van der Waals surface area (Å²) in [4.78, 5) is 26.2. The SMILES string of the molecule is CCCCCCCCOC(=O)C(=O)N(CCCCCC)CCCCCC. The van der Waals surface area contributed by atoms with Gasteiger partial charge in [0.05, 0.1) is 6.61 Å². The maximum atomic E-state index is 12.4. The number of carbonyl (C=O) groups is 2. The van der Waals surface area contributed by atoms with Gasteiger partial charge in [-0.15, -0.1) is 0 Å². The van der Waals surface area contributed by atoms with E-state index in [1.54, 1.807) is 4.90 Å². The van der Waals surface area contributed by atoms with E-state index in [0.717, 1.165) is 38.5 Å². The first kappa shape index (κ1) is 24.9. The standard InChI is InChI=1S/C22H43NO3/c1-4-7-10-13-14-17-20-26-22(25)21(24)23(18-15-11-8-5-2)19-16-12-9-6-3/h4-20H2,1-3H3. The minimum atomic E-state index is -0.662. The number of hydrogen-bond donors (Lipinski definition) is 0. The third-order valence-corrected chi connectivity index (χ3v) is 4.76. The molecule has 26 heavy (non-hydrogen) atoms. The molecule has 0 bridgehead atoms. The van der Waals surface area contributed by atoms with E-state index < -0.39 is 11.9 Å². The Balaban J connectivity index is 4.14. The van der Waals surface area contributed by atoms with Crippen LogP contribution in [0, 0.1) is 0 Å². The van der Waals surface area contributed by atoms with Gasteiger partial charge in [0.2, 0.25) is 0 Å². The van der Waals surface area contributed by atoms with Crippen LogP contribution in [0.3, 0.4) is 0 Å². The van der Waals surface area contributed by atoms with Crippen LogP contribution in [-0.2, 0) is 14.3 Å². The number of hydrogen-bond acceptors (Lipinski definition) is 3. The molecule has 0 saturated carbocycles. The molecule has 4 nitrogen and oxygen atoms in total. The normalized spacial score (nSPS) is 10.7. The fourth-order valence-electron chi connectivity index (χ4n) is 3.01. The lowest BCUT2D eigenvalue weighted by Crippen LogP contribution is -2.39. The minimum Gasteiger partial charge on any atom is -0.459 e. The number of amides is 1. The minimum absolute atomic E-state index is 0.371. The van der Waals surface area contributed by atoms with Crippen molar-refractivity contribution in [2.24, 2.45) is 0 Å². The molecule has 0 aromatic rings. The molecular weight excluding hydrogens is 326 g/mol. The fourth-order valence-corrected chi connectivity index (χ4v) is 3.01. The molecule has 0 spiro atoms. The molecule has 0 unspecified atom stereocenters. The van der Waals surface area contributed by atoms with Crippen LogP contribution in [0.5, 0.6) is 0 Å². The Morgan fingerprint density at radius 3 is 1.54 bits per heavy atom. The van der Waals surface area contributed by atoms with Crippen LogP contribution in [0.4, 0.5) is 0 Å². The van der Waals surface area contributed by atoms with Gasteiger partial charge in [-0.1, -0.05) is 91.4 Å². The van der Waals surface area contributed by atoms with E-state index in [9.17, 15) is 9.59 Å². The lowest BCUT2D eigenvalue weighted by molar-refractivity contribution is -0.160. The van der Waals surface area contributed by atoms with Crippen molar-refractivity contribution in [1.29, 1.82) is 0 Å². The summed E-state index contributed by atoms with van der Waals surface area (Å²) in [5.74, 6) is -1.10. The maximum Gasteiger partial charge on any atom is 0.397 e. The van der Waals surface area contributed by atoms with Crippen molar-refractivity contribution in [2.45, 2.75) is 111 Å². The van der Waals surface area contributed by atoms with E-state index in [-0.39, 0.29) is 0 Å². The van der Waals surface area contributed by atoms with Gasteiger partial charge >= 0.3 is 11.9 Å². The molecule has 0 rings (SSSR count). The smallest absolute Gasteiger partial charge is 0.397 e. The molecule has 0 heterocycles. The summed E-state index contributed by atoms with van der Waals surface area (Å²) in [6.07, 6.45) is 15.7. The molecule has 0 aliphatic heterocycles. The van der Waals surface area contributed by atoms with Crippen molar-refractivity contribution in [2.75, 3.05) is 19.7 Å². The molecule has 0 aromatic carbocycles. The van der Waals surface area contributed by atoms with Crippen LogP contribution in [0.2, 0.25) is 0 Å². The van der Waals surface area contributed by atoms with Crippen molar-refractivity contribution in [3.05, 3.63) is 0 Å². The Kier molecular flexibility index (Phi) is 18.0. The Labute approximate surface area is 162 Å². The average Bonchev–Trinajstić information content (AvgIpc) is 2.65. The van der Waals surface area contributed by atoms with Gasteiger partial charge < -0.3 is 9.64 Å². The molecule has 0 aliphatic carbocycles. The number of unbranched alkanes of at least 4 members (excludes halogenated alkanes) is 11. The van der Waals surface area contributed by atoms with E-state index in [4.69, 9.17) is 4.74 Å². The molecule has 1 amide bonds. The summed E-state index contributed by atoms with van der Waals surface area (Å²) >= 11 is 0. The molecule has 4 heteroatoms. The van der Waals surface area contributed by atoms with E-state index >= 15 is 0 Å². The van der Waals surface area contributed by atoms with Crippen LogP contribution < -0.4 is 0 Å². The van der Waals surface area contributed by atoms with E-state index in [1.807, 2.05) is 0 Å². The van der Waals surface area contributed by atoms with E-state index in [0.29, 0.717) is 19.7 Å². The van der Waals surface area contributed by atoms with Crippen molar-refractivity contribution in [3.63, 3.8) is 0 Å². The summed E-state index contributed by atoms with van der Waals surface area (Å²) in [6, 6.07) is 0. The third kappa shape index (κ3) is 14.1. The monoisotopic (exact) mass is 369 g/mol. The zero-order chi connectivity index (χ0) is 19.5. The van der Waals surface area contributed by atoms with Crippen LogP contribution in [0.15, 0.2) is 0 Å². The Bertz CT molecular complexity index is 332. The summed E-state index contributed by atoms with van der Waals surface area (Å²) in [6.45, 7) is 8.27. The van der Waals surface area contributed by atoms with Gasteiger partial charge in [0, 0.05) is 13.1 Å². The van der Waals surface area contributed by atoms with Crippen molar-refractivity contribution in [3.8, 4) is 0 Å². The van der Waals surface area contributed by atoms with E-state index in [2.05, 4.69) is 20.8 Å².